The van der Waals surface area contributed by atoms with Crippen molar-refractivity contribution in [1.29, 1.82) is 0 Å². The lowest BCUT2D eigenvalue weighted by Crippen LogP contribution is -2.38. The molecule has 0 aromatic heterocycles. The monoisotopic (exact) mass is 231 g/mol. The maximum atomic E-state index is 5.90. The third kappa shape index (κ3) is 4.32. The number of hydrogen-bond acceptors (Lipinski definition) is 1. The highest BCUT2D eigenvalue weighted by atomic mass is 35.5. The molecule has 0 aromatic rings. The van der Waals surface area contributed by atoms with E-state index in [4.69, 9.17) is 11.6 Å². The molecular weight excluding hydrogens is 206 g/mol. The summed E-state index contributed by atoms with van der Waals surface area (Å²) in [6, 6.07) is 0.837. The third-order valence-electron chi connectivity index (χ3n) is 3.86. The van der Waals surface area contributed by atoms with Gasteiger partial charge in [-0.25, -0.2) is 0 Å². The van der Waals surface area contributed by atoms with Crippen LogP contribution in [0.1, 0.15) is 52.4 Å². The molecular formula is C13H26ClN. The zero-order chi connectivity index (χ0) is 11.1. The van der Waals surface area contributed by atoms with Gasteiger partial charge in [-0.2, -0.15) is 0 Å². The summed E-state index contributed by atoms with van der Waals surface area (Å²) in [4.78, 5) is 2.65. The smallest absolute Gasteiger partial charge is 0.0351 e. The van der Waals surface area contributed by atoms with Gasteiger partial charge in [0.05, 0.1) is 0 Å². The van der Waals surface area contributed by atoms with Crippen LogP contribution in [-0.2, 0) is 0 Å². The molecule has 15 heavy (non-hydrogen) atoms. The number of alkyl halides is 1. The normalized spacial score (nSPS) is 18.2. The minimum Gasteiger partial charge on any atom is -0.299 e. The molecule has 1 fully saturated rings. The van der Waals surface area contributed by atoms with E-state index in [9.17, 15) is 0 Å². The second kappa shape index (κ2) is 7.51. The standard InChI is InChI=1S/C13H26ClN/c1-3-12(4-2)11-15(10-9-14)13-7-5-6-8-13/h12-13H,3-11H2,1-2H3. The predicted molar refractivity (Wildman–Crippen MR) is 68.6 cm³/mol. The van der Waals surface area contributed by atoms with Gasteiger partial charge in [0, 0.05) is 25.0 Å². The summed E-state index contributed by atoms with van der Waals surface area (Å²) in [5.74, 6) is 1.66. The van der Waals surface area contributed by atoms with Gasteiger partial charge in [-0.1, -0.05) is 39.5 Å². The lowest BCUT2D eigenvalue weighted by molar-refractivity contribution is 0.173. The van der Waals surface area contributed by atoms with E-state index >= 15 is 0 Å². The SMILES string of the molecule is CCC(CC)CN(CCCl)C1CCCC1. The molecule has 1 aliphatic rings. The molecule has 1 nitrogen and oxygen atoms in total. The van der Waals surface area contributed by atoms with E-state index in [1.807, 2.05) is 0 Å². The fourth-order valence-electron chi connectivity index (χ4n) is 2.68. The second-order valence-corrected chi connectivity index (χ2v) is 5.18. The maximum Gasteiger partial charge on any atom is 0.0351 e. The fraction of sp³-hybridized carbons (Fsp3) is 1.00. The molecule has 90 valence electrons. The molecule has 0 N–H and O–H groups in total. The highest BCUT2D eigenvalue weighted by Gasteiger charge is 2.23. The van der Waals surface area contributed by atoms with Crippen LogP contribution >= 0.6 is 11.6 Å². The summed E-state index contributed by atoms with van der Waals surface area (Å²) in [6.07, 6.45) is 8.26. The Morgan fingerprint density at radius 2 is 1.80 bits per heavy atom. The topological polar surface area (TPSA) is 3.24 Å². The van der Waals surface area contributed by atoms with Crippen molar-refractivity contribution in [3.8, 4) is 0 Å². The van der Waals surface area contributed by atoms with Gasteiger partial charge in [-0.05, 0) is 18.8 Å². The van der Waals surface area contributed by atoms with Crippen molar-refractivity contribution in [2.75, 3.05) is 19.0 Å². The van der Waals surface area contributed by atoms with E-state index in [1.54, 1.807) is 0 Å². The van der Waals surface area contributed by atoms with E-state index in [2.05, 4.69) is 18.7 Å². The Kier molecular flexibility index (Phi) is 6.67. The van der Waals surface area contributed by atoms with Crippen molar-refractivity contribution in [3.05, 3.63) is 0 Å². The van der Waals surface area contributed by atoms with Gasteiger partial charge in [-0.3, -0.25) is 4.90 Å². The molecule has 1 rings (SSSR count). The van der Waals surface area contributed by atoms with E-state index in [0.29, 0.717) is 0 Å². The van der Waals surface area contributed by atoms with Gasteiger partial charge >= 0.3 is 0 Å². The minimum absolute atomic E-state index is 0.788. The molecule has 0 saturated heterocycles. The second-order valence-electron chi connectivity index (χ2n) is 4.80. The Labute approximate surface area is 100 Å². The van der Waals surface area contributed by atoms with Crippen molar-refractivity contribution in [1.82, 2.24) is 4.90 Å². The summed E-state index contributed by atoms with van der Waals surface area (Å²) in [5, 5.41) is 0. The largest absolute Gasteiger partial charge is 0.299 e. The Morgan fingerprint density at radius 3 is 2.27 bits per heavy atom. The Hall–Kier alpha value is 0.250. The molecule has 0 aliphatic heterocycles. The predicted octanol–water partition coefficient (Wildman–Crippen LogP) is 3.91. The molecule has 1 aliphatic carbocycles. The zero-order valence-electron chi connectivity index (χ0n) is 10.3. The number of rotatable bonds is 7. The Morgan fingerprint density at radius 1 is 1.20 bits per heavy atom. The van der Waals surface area contributed by atoms with E-state index < -0.39 is 0 Å². The Bertz CT molecular complexity index is 151. The van der Waals surface area contributed by atoms with Crippen LogP contribution in [0.15, 0.2) is 0 Å². The molecule has 0 heterocycles. The quantitative estimate of drug-likeness (QED) is 0.601. The van der Waals surface area contributed by atoms with Crippen molar-refractivity contribution < 1.29 is 0 Å². The molecule has 0 unspecified atom stereocenters. The summed E-state index contributed by atoms with van der Waals surface area (Å²) in [6.45, 7) is 6.97. The van der Waals surface area contributed by atoms with Gasteiger partial charge in [0.2, 0.25) is 0 Å². The zero-order valence-corrected chi connectivity index (χ0v) is 11.1. The van der Waals surface area contributed by atoms with Crippen molar-refractivity contribution in [2.24, 2.45) is 5.92 Å². The molecule has 0 bridgehead atoms. The van der Waals surface area contributed by atoms with Gasteiger partial charge in [0.25, 0.3) is 0 Å². The van der Waals surface area contributed by atoms with Crippen LogP contribution < -0.4 is 0 Å². The van der Waals surface area contributed by atoms with Gasteiger partial charge in [0.1, 0.15) is 0 Å². The average Bonchev–Trinajstić information content (AvgIpc) is 2.77. The molecule has 0 spiro atoms. The van der Waals surface area contributed by atoms with Crippen LogP contribution in [0.25, 0.3) is 0 Å². The average molecular weight is 232 g/mol. The first kappa shape index (κ1) is 13.3. The minimum atomic E-state index is 0.788. The lowest BCUT2D eigenvalue weighted by Gasteiger charge is -2.31. The summed E-state index contributed by atoms with van der Waals surface area (Å²) in [5.41, 5.74) is 0. The lowest BCUT2D eigenvalue weighted by atomic mass is 10.0. The van der Waals surface area contributed by atoms with Gasteiger partial charge < -0.3 is 0 Å². The first-order valence-electron chi connectivity index (χ1n) is 6.61. The van der Waals surface area contributed by atoms with Crippen LogP contribution in [0, 0.1) is 5.92 Å². The van der Waals surface area contributed by atoms with Gasteiger partial charge in [-0.15, -0.1) is 11.6 Å². The van der Waals surface area contributed by atoms with Crippen molar-refractivity contribution in [2.45, 2.75) is 58.4 Å². The maximum absolute atomic E-state index is 5.90. The molecule has 0 radical (unpaired) electrons. The van der Waals surface area contributed by atoms with Crippen LogP contribution in [0.4, 0.5) is 0 Å². The fourth-order valence-corrected chi connectivity index (χ4v) is 2.90. The van der Waals surface area contributed by atoms with Crippen molar-refractivity contribution >= 4 is 11.6 Å². The molecule has 0 aromatic carbocycles. The van der Waals surface area contributed by atoms with Crippen molar-refractivity contribution in [3.63, 3.8) is 0 Å². The van der Waals surface area contributed by atoms with Crippen LogP contribution in [0.2, 0.25) is 0 Å². The van der Waals surface area contributed by atoms with E-state index in [0.717, 1.165) is 24.4 Å². The number of halogens is 1. The molecule has 0 atom stereocenters. The summed E-state index contributed by atoms with van der Waals surface area (Å²) < 4.78 is 0. The van der Waals surface area contributed by atoms with E-state index in [-0.39, 0.29) is 0 Å². The Balaban J connectivity index is 2.40. The van der Waals surface area contributed by atoms with Crippen LogP contribution in [0.3, 0.4) is 0 Å². The van der Waals surface area contributed by atoms with E-state index in [1.165, 1.54) is 45.1 Å². The van der Waals surface area contributed by atoms with Gasteiger partial charge in [0.15, 0.2) is 0 Å². The molecule has 2 heteroatoms. The highest BCUT2D eigenvalue weighted by Crippen LogP contribution is 2.25. The van der Waals surface area contributed by atoms with Crippen LogP contribution in [0.5, 0.6) is 0 Å². The molecule has 1 saturated carbocycles. The first-order chi connectivity index (χ1) is 7.31. The number of hydrogen-bond donors (Lipinski definition) is 0. The summed E-state index contributed by atoms with van der Waals surface area (Å²) in [7, 11) is 0. The molecule has 0 amide bonds. The van der Waals surface area contributed by atoms with Crippen LogP contribution in [-0.4, -0.2) is 29.9 Å². The summed E-state index contributed by atoms with van der Waals surface area (Å²) >= 11 is 5.90. The highest BCUT2D eigenvalue weighted by molar-refractivity contribution is 6.18. The third-order valence-corrected chi connectivity index (χ3v) is 4.03. The number of nitrogens with zero attached hydrogens (tertiary/aromatic N) is 1. The first-order valence-corrected chi connectivity index (χ1v) is 7.15.